The number of rotatable bonds is 5. The summed E-state index contributed by atoms with van der Waals surface area (Å²) in [7, 11) is 0. The number of benzene rings is 2. The van der Waals surface area contributed by atoms with E-state index < -0.39 is 5.97 Å². The van der Waals surface area contributed by atoms with E-state index in [2.05, 4.69) is 5.32 Å². The molecule has 0 saturated carbocycles. The number of amides is 1. The fourth-order valence-electron chi connectivity index (χ4n) is 2.05. The maximum atomic E-state index is 12.3. The maximum Gasteiger partial charge on any atom is 0.335 e. The van der Waals surface area contributed by atoms with Gasteiger partial charge in [0.2, 0.25) is 0 Å². The van der Waals surface area contributed by atoms with Crippen molar-refractivity contribution in [1.29, 1.82) is 0 Å². The Bertz CT molecular complexity index is 758. The molecule has 0 bridgehead atoms. The number of hydrogen-bond donors (Lipinski definition) is 2. The van der Waals surface area contributed by atoms with Crippen LogP contribution in [-0.4, -0.2) is 23.6 Å². The summed E-state index contributed by atoms with van der Waals surface area (Å²) in [5.41, 5.74) is 1.77. The first-order valence-corrected chi connectivity index (χ1v) is 7.37. The summed E-state index contributed by atoms with van der Waals surface area (Å²) in [5.74, 6) is -0.821. The molecular formula is C17H16ClNO4. The van der Waals surface area contributed by atoms with Crippen LogP contribution in [0.3, 0.4) is 0 Å². The van der Waals surface area contributed by atoms with Crippen molar-refractivity contribution in [3.63, 3.8) is 0 Å². The van der Waals surface area contributed by atoms with E-state index in [1.807, 2.05) is 6.92 Å². The zero-order valence-electron chi connectivity index (χ0n) is 12.7. The van der Waals surface area contributed by atoms with E-state index in [4.69, 9.17) is 21.4 Å². The number of ether oxygens (including phenoxy) is 1. The zero-order chi connectivity index (χ0) is 17.0. The minimum absolute atomic E-state index is 0.171. The van der Waals surface area contributed by atoms with Crippen molar-refractivity contribution in [3.8, 4) is 5.75 Å². The van der Waals surface area contributed by atoms with Gasteiger partial charge in [0.05, 0.1) is 17.2 Å². The molecule has 0 aromatic heterocycles. The minimum Gasteiger partial charge on any atom is -0.492 e. The average Bonchev–Trinajstić information content (AvgIpc) is 2.51. The van der Waals surface area contributed by atoms with Gasteiger partial charge in [0.1, 0.15) is 5.75 Å². The molecule has 120 valence electrons. The van der Waals surface area contributed by atoms with Gasteiger partial charge in [-0.15, -0.1) is 0 Å². The molecule has 0 radical (unpaired) electrons. The predicted octanol–water partition coefficient (Wildman–Crippen LogP) is 4.00. The van der Waals surface area contributed by atoms with Gasteiger partial charge >= 0.3 is 5.97 Å². The van der Waals surface area contributed by atoms with Gasteiger partial charge in [-0.2, -0.15) is 0 Å². The Balaban J connectivity index is 2.19. The molecular weight excluding hydrogens is 318 g/mol. The molecule has 0 aliphatic carbocycles. The molecule has 0 unspecified atom stereocenters. The second kappa shape index (κ2) is 7.15. The normalized spacial score (nSPS) is 10.2. The number of anilines is 1. The van der Waals surface area contributed by atoms with Crippen molar-refractivity contribution in [2.45, 2.75) is 13.8 Å². The van der Waals surface area contributed by atoms with E-state index in [1.54, 1.807) is 25.1 Å². The highest BCUT2D eigenvalue weighted by molar-refractivity contribution is 6.32. The third kappa shape index (κ3) is 4.02. The molecule has 2 rings (SSSR count). The van der Waals surface area contributed by atoms with Crippen LogP contribution in [0.2, 0.25) is 5.02 Å². The molecule has 0 heterocycles. The third-order valence-corrected chi connectivity index (χ3v) is 3.51. The molecule has 0 saturated heterocycles. The lowest BCUT2D eigenvalue weighted by molar-refractivity contribution is 0.0696. The number of carbonyl (C=O) groups excluding carboxylic acids is 1. The monoisotopic (exact) mass is 333 g/mol. The van der Waals surface area contributed by atoms with Crippen LogP contribution in [-0.2, 0) is 0 Å². The van der Waals surface area contributed by atoms with Crippen molar-refractivity contribution >= 4 is 29.2 Å². The highest BCUT2D eigenvalue weighted by atomic mass is 35.5. The summed E-state index contributed by atoms with van der Waals surface area (Å²) in [5, 5.41) is 12.0. The summed E-state index contributed by atoms with van der Waals surface area (Å²) < 4.78 is 5.33. The third-order valence-electron chi connectivity index (χ3n) is 3.22. The number of nitrogens with one attached hydrogen (secondary N) is 1. The molecule has 2 aromatic rings. The highest BCUT2D eigenvalue weighted by Crippen LogP contribution is 2.26. The molecule has 0 fully saturated rings. The Hall–Kier alpha value is -2.53. The number of carbonyl (C=O) groups is 2. The number of hydrogen-bond acceptors (Lipinski definition) is 3. The van der Waals surface area contributed by atoms with Gasteiger partial charge in [0.15, 0.2) is 0 Å². The number of aromatic carboxylic acids is 1. The second-order valence-corrected chi connectivity index (χ2v) is 5.27. The lowest BCUT2D eigenvalue weighted by atomic mass is 10.1. The average molecular weight is 334 g/mol. The van der Waals surface area contributed by atoms with Crippen LogP contribution >= 0.6 is 11.6 Å². The SMILES string of the molecule is CCOc1ccc(C(=O)Nc2ccc(C(=O)O)cc2C)cc1Cl. The number of carboxylic acids is 1. The Morgan fingerprint density at radius 2 is 1.87 bits per heavy atom. The molecule has 6 heteroatoms. The molecule has 2 N–H and O–H groups in total. The first-order chi connectivity index (χ1) is 10.9. The van der Waals surface area contributed by atoms with Gasteiger partial charge in [-0.25, -0.2) is 4.79 Å². The number of carboxylic acid groups (broad SMARTS) is 1. The van der Waals surface area contributed by atoms with Crippen LogP contribution in [0.25, 0.3) is 0 Å². The van der Waals surface area contributed by atoms with Crippen LogP contribution in [0.4, 0.5) is 5.69 Å². The highest BCUT2D eigenvalue weighted by Gasteiger charge is 2.12. The van der Waals surface area contributed by atoms with Gasteiger partial charge in [-0.3, -0.25) is 4.79 Å². The Morgan fingerprint density at radius 1 is 1.17 bits per heavy atom. The van der Waals surface area contributed by atoms with Crippen molar-refractivity contribution in [3.05, 3.63) is 58.1 Å². The van der Waals surface area contributed by atoms with E-state index in [9.17, 15) is 9.59 Å². The fourth-order valence-corrected chi connectivity index (χ4v) is 2.28. The molecule has 0 aliphatic heterocycles. The summed E-state index contributed by atoms with van der Waals surface area (Å²) in [4.78, 5) is 23.2. The number of halogens is 1. The summed E-state index contributed by atoms with van der Waals surface area (Å²) in [6, 6.07) is 9.29. The molecule has 0 aliphatic rings. The molecule has 1 amide bonds. The van der Waals surface area contributed by atoms with E-state index in [1.165, 1.54) is 18.2 Å². The van der Waals surface area contributed by atoms with E-state index in [0.717, 1.165) is 0 Å². The maximum absolute atomic E-state index is 12.3. The van der Waals surface area contributed by atoms with Crippen molar-refractivity contribution in [1.82, 2.24) is 0 Å². The first-order valence-electron chi connectivity index (χ1n) is 7.00. The van der Waals surface area contributed by atoms with Crippen LogP contribution in [0.15, 0.2) is 36.4 Å². The van der Waals surface area contributed by atoms with Crippen LogP contribution < -0.4 is 10.1 Å². The standard InChI is InChI=1S/C17H16ClNO4/c1-3-23-15-7-5-11(9-13(15)18)16(20)19-14-6-4-12(17(21)22)8-10(14)2/h4-9H,3H2,1-2H3,(H,19,20)(H,21,22). The molecule has 5 nitrogen and oxygen atoms in total. The van der Waals surface area contributed by atoms with Gasteiger partial charge in [0.25, 0.3) is 5.91 Å². The van der Waals surface area contributed by atoms with Crippen molar-refractivity contribution < 1.29 is 19.4 Å². The Morgan fingerprint density at radius 3 is 2.43 bits per heavy atom. The number of aryl methyl sites for hydroxylation is 1. The topological polar surface area (TPSA) is 75.6 Å². The van der Waals surface area contributed by atoms with Crippen molar-refractivity contribution in [2.75, 3.05) is 11.9 Å². The quantitative estimate of drug-likeness (QED) is 0.867. The lowest BCUT2D eigenvalue weighted by Crippen LogP contribution is -2.13. The van der Waals surface area contributed by atoms with Crippen LogP contribution in [0.5, 0.6) is 5.75 Å². The van der Waals surface area contributed by atoms with Crippen molar-refractivity contribution in [2.24, 2.45) is 0 Å². The summed E-state index contributed by atoms with van der Waals surface area (Å²) in [6.07, 6.45) is 0. The van der Waals surface area contributed by atoms with Crippen LogP contribution in [0.1, 0.15) is 33.2 Å². The van der Waals surface area contributed by atoms with E-state index >= 15 is 0 Å². The summed E-state index contributed by atoms with van der Waals surface area (Å²) in [6.45, 7) is 4.06. The molecule has 0 atom stereocenters. The molecule has 23 heavy (non-hydrogen) atoms. The van der Waals surface area contributed by atoms with E-state index in [-0.39, 0.29) is 11.5 Å². The fraction of sp³-hybridized carbons (Fsp3) is 0.176. The Kier molecular flexibility index (Phi) is 5.24. The Labute approximate surface area is 138 Å². The lowest BCUT2D eigenvalue weighted by Gasteiger charge is -2.11. The van der Waals surface area contributed by atoms with E-state index in [0.29, 0.717) is 34.2 Å². The second-order valence-electron chi connectivity index (χ2n) is 4.87. The smallest absolute Gasteiger partial charge is 0.335 e. The van der Waals surface area contributed by atoms with Crippen LogP contribution in [0, 0.1) is 6.92 Å². The van der Waals surface area contributed by atoms with Gasteiger partial charge < -0.3 is 15.2 Å². The largest absolute Gasteiger partial charge is 0.492 e. The van der Waals surface area contributed by atoms with Gasteiger partial charge in [-0.05, 0) is 55.8 Å². The molecule has 2 aromatic carbocycles. The predicted molar refractivity (Wildman–Crippen MR) is 88.7 cm³/mol. The first kappa shape index (κ1) is 16.8. The van der Waals surface area contributed by atoms with Gasteiger partial charge in [0, 0.05) is 11.3 Å². The molecule has 0 spiro atoms. The minimum atomic E-state index is -1.01. The zero-order valence-corrected chi connectivity index (χ0v) is 13.5. The summed E-state index contributed by atoms with van der Waals surface area (Å²) >= 11 is 6.07. The van der Waals surface area contributed by atoms with Gasteiger partial charge in [-0.1, -0.05) is 11.6 Å².